The summed E-state index contributed by atoms with van der Waals surface area (Å²) in [6.07, 6.45) is 0.389. The lowest BCUT2D eigenvalue weighted by Gasteiger charge is -2.26. The molecule has 0 spiro atoms. The molecule has 0 bridgehead atoms. The van der Waals surface area contributed by atoms with Crippen molar-refractivity contribution in [2.24, 2.45) is 0 Å². The summed E-state index contributed by atoms with van der Waals surface area (Å²) >= 11 is 0. The average Bonchev–Trinajstić information content (AvgIpc) is 1.83. The van der Waals surface area contributed by atoms with E-state index in [1.165, 1.54) is 14.1 Å². The van der Waals surface area contributed by atoms with Crippen LogP contribution in [-0.4, -0.2) is 44.1 Å². The van der Waals surface area contributed by atoms with E-state index < -0.39 is 15.7 Å². The standard InChI is InChI=1S/C7H18N2O3S/c1-7(2,5-6-10)8-13(11,12)9(3)4/h8,10H,5-6H2,1-4H3. The fraction of sp³-hybridized carbons (Fsp3) is 1.00. The van der Waals surface area contributed by atoms with Crippen LogP contribution in [0.5, 0.6) is 0 Å². The van der Waals surface area contributed by atoms with Crippen LogP contribution in [0.25, 0.3) is 0 Å². The Kier molecular flexibility index (Phi) is 4.31. The van der Waals surface area contributed by atoms with E-state index in [0.717, 1.165) is 4.31 Å². The molecule has 0 saturated heterocycles. The van der Waals surface area contributed by atoms with Crippen molar-refractivity contribution in [2.75, 3.05) is 20.7 Å². The van der Waals surface area contributed by atoms with Gasteiger partial charge >= 0.3 is 0 Å². The van der Waals surface area contributed by atoms with Crippen molar-refractivity contribution < 1.29 is 13.5 Å². The van der Waals surface area contributed by atoms with Crippen LogP contribution in [0.2, 0.25) is 0 Å². The highest BCUT2D eigenvalue weighted by Crippen LogP contribution is 2.09. The molecule has 13 heavy (non-hydrogen) atoms. The second-order valence-electron chi connectivity index (χ2n) is 3.75. The van der Waals surface area contributed by atoms with E-state index in [2.05, 4.69) is 4.72 Å². The zero-order valence-corrected chi connectivity index (χ0v) is 9.35. The van der Waals surface area contributed by atoms with Gasteiger partial charge in [0.2, 0.25) is 0 Å². The molecular formula is C7H18N2O3S. The zero-order chi connectivity index (χ0) is 10.7. The van der Waals surface area contributed by atoms with Gasteiger partial charge in [-0.15, -0.1) is 0 Å². The number of nitrogens with one attached hydrogen (secondary N) is 1. The molecule has 0 radical (unpaired) electrons. The lowest BCUT2D eigenvalue weighted by atomic mass is 10.0. The summed E-state index contributed by atoms with van der Waals surface area (Å²) in [4.78, 5) is 0. The summed E-state index contributed by atoms with van der Waals surface area (Å²) < 4.78 is 26.3. The third-order valence-electron chi connectivity index (χ3n) is 1.62. The fourth-order valence-electron chi connectivity index (χ4n) is 0.771. The lowest BCUT2D eigenvalue weighted by molar-refractivity contribution is 0.244. The van der Waals surface area contributed by atoms with Gasteiger partial charge in [0.15, 0.2) is 0 Å². The smallest absolute Gasteiger partial charge is 0.279 e. The molecule has 0 aromatic carbocycles. The average molecular weight is 210 g/mol. The van der Waals surface area contributed by atoms with Crippen LogP contribution in [0.1, 0.15) is 20.3 Å². The molecule has 80 valence electrons. The van der Waals surface area contributed by atoms with E-state index in [-0.39, 0.29) is 6.61 Å². The molecule has 0 aromatic heterocycles. The molecule has 0 aliphatic rings. The largest absolute Gasteiger partial charge is 0.396 e. The molecule has 0 aliphatic carbocycles. The molecule has 0 fully saturated rings. The molecule has 0 atom stereocenters. The molecule has 6 heteroatoms. The van der Waals surface area contributed by atoms with Crippen LogP contribution in [0, 0.1) is 0 Å². The van der Waals surface area contributed by atoms with Crippen molar-refractivity contribution in [3.05, 3.63) is 0 Å². The maximum atomic E-state index is 11.4. The summed E-state index contributed by atoms with van der Waals surface area (Å²) in [5, 5.41) is 8.69. The van der Waals surface area contributed by atoms with Crippen molar-refractivity contribution in [1.29, 1.82) is 0 Å². The van der Waals surface area contributed by atoms with Gasteiger partial charge in [0.25, 0.3) is 10.2 Å². The van der Waals surface area contributed by atoms with Gasteiger partial charge in [-0.2, -0.15) is 17.4 Å². The molecule has 5 nitrogen and oxygen atoms in total. The van der Waals surface area contributed by atoms with Crippen LogP contribution >= 0.6 is 0 Å². The van der Waals surface area contributed by atoms with Crippen molar-refractivity contribution in [3.63, 3.8) is 0 Å². The highest BCUT2D eigenvalue weighted by atomic mass is 32.2. The molecule has 0 unspecified atom stereocenters. The van der Waals surface area contributed by atoms with Crippen LogP contribution in [0.3, 0.4) is 0 Å². The van der Waals surface area contributed by atoms with Gasteiger partial charge in [-0.05, 0) is 20.3 Å². The predicted octanol–water partition coefficient (Wildman–Crippen LogP) is -0.457. The maximum absolute atomic E-state index is 11.4. The first-order valence-electron chi connectivity index (χ1n) is 4.03. The summed E-state index contributed by atoms with van der Waals surface area (Å²) in [5.41, 5.74) is -0.613. The number of hydrogen-bond donors (Lipinski definition) is 2. The van der Waals surface area contributed by atoms with E-state index in [9.17, 15) is 8.42 Å². The van der Waals surface area contributed by atoms with Crippen molar-refractivity contribution in [1.82, 2.24) is 9.03 Å². The van der Waals surface area contributed by atoms with E-state index in [0.29, 0.717) is 6.42 Å². The van der Waals surface area contributed by atoms with Gasteiger partial charge in [0.05, 0.1) is 0 Å². The Morgan fingerprint density at radius 3 is 2.15 bits per heavy atom. The quantitative estimate of drug-likeness (QED) is 0.645. The molecule has 0 heterocycles. The third-order valence-corrected chi connectivity index (χ3v) is 3.39. The Hall–Kier alpha value is -0.170. The Bertz CT molecular complexity index is 246. The second kappa shape index (κ2) is 4.36. The number of hydrogen-bond acceptors (Lipinski definition) is 3. The van der Waals surface area contributed by atoms with Crippen LogP contribution in [0.15, 0.2) is 0 Å². The summed E-state index contributed by atoms with van der Waals surface area (Å²) in [6.45, 7) is 3.41. The lowest BCUT2D eigenvalue weighted by Crippen LogP contribution is -2.48. The first-order chi connectivity index (χ1) is 5.71. The molecule has 0 aliphatic heterocycles. The Balaban J connectivity index is 4.43. The van der Waals surface area contributed by atoms with E-state index >= 15 is 0 Å². The van der Waals surface area contributed by atoms with Crippen molar-refractivity contribution in [3.8, 4) is 0 Å². The van der Waals surface area contributed by atoms with E-state index in [1.807, 2.05) is 0 Å². The Labute approximate surface area is 79.9 Å². The highest BCUT2D eigenvalue weighted by Gasteiger charge is 2.25. The topological polar surface area (TPSA) is 69.6 Å². The minimum absolute atomic E-state index is 0.0387. The molecular weight excluding hydrogens is 192 g/mol. The fourth-order valence-corrected chi connectivity index (χ4v) is 1.75. The molecule has 2 N–H and O–H groups in total. The number of aliphatic hydroxyl groups is 1. The van der Waals surface area contributed by atoms with E-state index in [1.54, 1.807) is 13.8 Å². The minimum atomic E-state index is -3.41. The monoisotopic (exact) mass is 210 g/mol. The Morgan fingerprint density at radius 2 is 1.85 bits per heavy atom. The highest BCUT2D eigenvalue weighted by molar-refractivity contribution is 7.87. The molecule has 0 aromatic rings. The van der Waals surface area contributed by atoms with Gasteiger partial charge in [-0.25, -0.2) is 0 Å². The first kappa shape index (κ1) is 12.8. The summed E-state index contributed by atoms with van der Waals surface area (Å²) in [7, 11) is -0.494. The number of aliphatic hydroxyl groups excluding tert-OH is 1. The first-order valence-corrected chi connectivity index (χ1v) is 5.47. The van der Waals surface area contributed by atoms with Crippen molar-refractivity contribution >= 4 is 10.2 Å². The van der Waals surface area contributed by atoms with Gasteiger partial charge in [-0.3, -0.25) is 0 Å². The SMILES string of the molecule is CN(C)S(=O)(=O)NC(C)(C)CCO. The van der Waals surface area contributed by atoms with Gasteiger partial charge in [-0.1, -0.05) is 0 Å². The molecule has 0 amide bonds. The third kappa shape index (κ3) is 4.56. The minimum Gasteiger partial charge on any atom is -0.396 e. The predicted molar refractivity (Wildman–Crippen MR) is 51.5 cm³/mol. The number of rotatable bonds is 5. The van der Waals surface area contributed by atoms with Gasteiger partial charge in [0.1, 0.15) is 0 Å². The number of nitrogens with zero attached hydrogens (tertiary/aromatic N) is 1. The zero-order valence-electron chi connectivity index (χ0n) is 8.53. The molecule has 0 saturated carbocycles. The summed E-state index contributed by atoms with van der Waals surface area (Å²) in [6, 6.07) is 0. The summed E-state index contributed by atoms with van der Waals surface area (Å²) in [5.74, 6) is 0. The van der Waals surface area contributed by atoms with Gasteiger partial charge < -0.3 is 5.11 Å². The Morgan fingerprint density at radius 1 is 1.38 bits per heavy atom. The van der Waals surface area contributed by atoms with Crippen molar-refractivity contribution in [2.45, 2.75) is 25.8 Å². The second-order valence-corrected chi connectivity index (χ2v) is 5.63. The normalized spacial score (nSPS) is 13.7. The van der Waals surface area contributed by atoms with E-state index in [4.69, 9.17) is 5.11 Å². The maximum Gasteiger partial charge on any atom is 0.279 e. The molecule has 0 rings (SSSR count). The van der Waals surface area contributed by atoms with Crippen LogP contribution in [0.4, 0.5) is 0 Å². The van der Waals surface area contributed by atoms with Crippen LogP contribution in [-0.2, 0) is 10.2 Å². The van der Waals surface area contributed by atoms with Gasteiger partial charge in [0, 0.05) is 26.2 Å². The van der Waals surface area contributed by atoms with Crippen LogP contribution < -0.4 is 4.72 Å².